The number of rotatable bonds is 6. The highest BCUT2D eigenvalue weighted by atomic mass is 79.9. The minimum Gasteiger partial charge on any atom is -0.465 e. The quantitative estimate of drug-likeness (QED) is 0.441. The number of anilines is 1. The first-order chi connectivity index (χ1) is 9.79. The van der Waals surface area contributed by atoms with Gasteiger partial charge in [0.2, 0.25) is 0 Å². The highest BCUT2D eigenvalue weighted by molar-refractivity contribution is 9.10. The van der Waals surface area contributed by atoms with Crippen LogP contribution in [0, 0.1) is 17.0 Å². The van der Waals surface area contributed by atoms with Crippen molar-refractivity contribution in [2.75, 3.05) is 18.1 Å². The van der Waals surface area contributed by atoms with Crippen LogP contribution in [0.15, 0.2) is 10.7 Å². The average Bonchev–Trinajstić information content (AvgIpc) is 2.39. The van der Waals surface area contributed by atoms with Crippen LogP contribution in [-0.4, -0.2) is 35.1 Å². The molecular formula is C13H18BrN3O4. The number of halogens is 1. The van der Waals surface area contributed by atoms with Crippen molar-refractivity contribution >= 4 is 33.4 Å². The van der Waals surface area contributed by atoms with E-state index in [0.29, 0.717) is 22.5 Å². The molecule has 1 rings (SSSR count). The predicted octanol–water partition coefficient (Wildman–Crippen LogP) is 2.84. The third kappa shape index (κ3) is 4.13. The molecule has 0 aromatic carbocycles. The zero-order valence-electron chi connectivity index (χ0n) is 12.4. The van der Waals surface area contributed by atoms with Crippen LogP contribution in [0.2, 0.25) is 0 Å². The zero-order chi connectivity index (χ0) is 16.2. The molecule has 0 fully saturated rings. The molecule has 0 N–H and O–H groups in total. The highest BCUT2D eigenvalue weighted by Crippen LogP contribution is 2.33. The van der Waals surface area contributed by atoms with Gasteiger partial charge < -0.3 is 9.64 Å². The normalized spacial score (nSPS) is 10.6. The number of carbonyl (C=O) groups excluding carboxylic acids is 1. The van der Waals surface area contributed by atoms with Crippen molar-refractivity contribution in [1.82, 2.24) is 4.98 Å². The van der Waals surface area contributed by atoms with E-state index in [1.807, 2.05) is 13.8 Å². The van der Waals surface area contributed by atoms with E-state index in [4.69, 9.17) is 4.74 Å². The van der Waals surface area contributed by atoms with Crippen LogP contribution in [0.4, 0.5) is 11.5 Å². The first-order valence-corrected chi connectivity index (χ1v) is 7.30. The maximum atomic E-state index is 11.7. The van der Waals surface area contributed by atoms with Gasteiger partial charge >= 0.3 is 5.97 Å². The third-order valence-electron chi connectivity index (χ3n) is 2.92. The lowest BCUT2D eigenvalue weighted by atomic mass is 10.2. The molecule has 0 unspecified atom stereocenters. The van der Waals surface area contributed by atoms with Crippen molar-refractivity contribution in [1.29, 1.82) is 0 Å². The van der Waals surface area contributed by atoms with E-state index in [2.05, 4.69) is 20.9 Å². The number of pyridine rings is 1. The molecule has 8 heteroatoms. The predicted molar refractivity (Wildman–Crippen MR) is 82.4 cm³/mol. The van der Waals surface area contributed by atoms with E-state index < -0.39 is 4.92 Å². The van der Waals surface area contributed by atoms with Crippen LogP contribution in [0.1, 0.15) is 26.3 Å². The summed E-state index contributed by atoms with van der Waals surface area (Å²) in [5.41, 5.74) is 0.407. The second kappa shape index (κ2) is 7.35. The van der Waals surface area contributed by atoms with Crippen LogP contribution in [0.5, 0.6) is 0 Å². The number of esters is 1. The molecule has 0 aliphatic heterocycles. The molecule has 0 atom stereocenters. The van der Waals surface area contributed by atoms with Gasteiger partial charge in [0, 0.05) is 11.6 Å². The summed E-state index contributed by atoms with van der Waals surface area (Å²) in [6, 6.07) is -0.0148. The van der Waals surface area contributed by atoms with Crippen molar-refractivity contribution in [3.8, 4) is 0 Å². The van der Waals surface area contributed by atoms with Crippen LogP contribution >= 0.6 is 15.9 Å². The SMILES string of the molecule is CCOC(=O)CN(c1ncc([N+](=O)[O-])c(C)c1Br)C(C)C. The smallest absolute Gasteiger partial charge is 0.325 e. The van der Waals surface area contributed by atoms with Gasteiger partial charge in [-0.2, -0.15) is 0 Å². The van der Waals surface area contributed by atoms with Crippen LogP contribution in [0.3, 0.4) is 0 Å². The van der Waals surface area contributed by atoms with Crippen molar-refractivity contribution in [2.45, 2.75) is 33.7 Å². The second-order valence-electron chi connectivity index (χ2n) is 4.69. The van der Waals surface area contributed by atoms with Crippen LogP contribution < -0.4 is 4.90 Å². The van der Waals surface area contributed by atoms with Gasteiger partial charge in [-0.05, 0) is 43.6 Å². The van der Waals surface area contributed by atoms with Gasteiger partial charge in [-0.15, -0.1) is 0 Å². The Labute approximate surface area is 131 Å². The van der Waals surface area contributed by atoms with E-state index in [0.717, 1.165) is 0 Å². The van der Waals surface area contributed by atoms with E-state index in [-0.39, 0.29) is 24.2 Å². The van der Waals surface area contributed by atoms with Crippen LogP contribution in [-0.2, 0) is 9.53 Å². The minimum absolute atomic E-state index is 0.0148. The molecular weight excluding hydrogens is 342 g/mol. The monoisotopic (exact) mass is 359 g/mol. The molecule has 0 saturated heterocycles. The summed E-state index contributed by atoms with van der Waals surface area (Å²) in [6.45, 7) is 7.53. The molecule has 1 heterocycles. The summed E-state index contributed by atoms with van der Waals surface area (Å²) in [4.78, 5) is 28.0. The lowest BCUT2D eigenvalue weighted by Gasteiger charge is -2.28. The molecule has 0 aliphatic rings. The molecule has 7 nitrogen and oxygen atoms in total. The van der Waals surface area contributed by atoms with Gasteiger partial charge in [0.1, 0.15) is 18.6 Å². The van der Waals surface area contributed by atoms with E-state index in [1.54, 1.807) is 18.7 Å². The lowest BCUT2D eigenvalue weighted by Crippen LogP contribution is -2.37. The number of nitrogens with zero attached hydrogens (tertiary/aromatic N) is 3. The number of nitro groups is 1. The molecule has 1 aromatic rings. The van der Waals surface area contributed by atoms with Gasteiger partial charge in [0.25, 0.3) is 5.69 Å². The largest absolute Gasteiger partial charge is 0.465 e. The molecule has 0 bridgehead atoms. The minimum atomic E-state index is -0.484. The van der Waals surface area contributed by atoms with Crippen molar-refractivity contribution in [3.63, 3.8) is 0 Å². The Bertz CT molecular complexity index is 548. The third-order valence-corrected chi connectivity index (χ3v) is 3.87. The molecule has 21 heavy (non-hydrogen) atoms. The number of carbonyl (C=O) groups is 1. The van der Waals surface area contributed by atoms with Gasteiger partial charge in [-0.1, -0.05) is 0 Å². The molecule has 0 aliphatic carbocycles. The summed E-state index contributed by atoms with van der Waals surface area (Å²) < 4.78 is 5.45. The summed E-state index contributed by atoms with van der Waals surface area (Å²) >= 11 is 3.34. The van der Waals surface area contributed by atoms with Gasteiger partial charge in [0.15, 0.2) is 0 Å². The van der Waals surface area contributed by atoms with E-state index in [9.17, 15) is 14.9 Å². The fraction of sp³-hybridized carbons (Fsp3) is 0.538. The second-order valence-corrected chi connectivity index (χ2v) is 5.48. The Hall–Kier alpha value is -1.70. The standard InChI is InChI=1S/C13H18BrN3O4/c1-5-21-11(18)7-16(8(2)3)13-12(14)9(4)10(6-15-13)17(19)20/h6,8H,5,7H2,1-4H3. The molecule has 0 radical (unpaired) electrons. The summed E-state index contributed by atoms with van der Waals surface area (Å²) in [6.07, 6.45) is 1.20. The zero-order valence-corrected chi connectivity index (χ0v) is 14.0. The Kier molecular flexibility index (Phi) is 6.07. The summed E-state index contributed by atoms with van der Waals surface area (Å²) in [7, 11) is 0. The van der Waals surface area contributed by atoms with Crippen LogP contribution in [0.25, 0.3) is 0 Å². The number of ether oxygens (including phenoxy) is 1. The highest BCUT2D eigenvalue weighted by Gasteiger charge is 2.24. The maximum absolute atomic E-state index is 11.7. The van der Waals surface area contributed by atoms with Gasteiger partial charge in [-0.25, -0.2) is 4.98 Å². The Morgan fingerprint density at radius 3 is 2.67 bits per heavy atom. The van der Waals surface area contributed by atoms with Crippen molar-refractivity contribution in [3.05, 3.63) is 26.3 Å². The Morgan fingerprint density at radius 1 is 1.57 bits per heavy atom. The van der Waals surface area contributed by atoms with Gasteiger partial charge in [-0.3, -0.25) is 14.9 Å². The Balaban J connectivity index is 3.18. The lowest BCUT2D eigenvalue weighted by molar-refractivity contribution is -0.385. The summed E-state index contributed by atoms with van der Waals surface area (Å²) in [5, 5.41) is 10.9. The first kappa shape index (κ1) is 17.4. The number of hydrogen-bond acceptors (Lipinski definition) is 6. The molecule has 0 saturated carbocycles. The fourth-order valence-electron chi connectivity index (χ4n) is 1.79. The first-order valence-electron chi connectivity index (χ1n) is 6.51. The van der Waals surface area contributed by atoms with E-state index >= 15 is 0 Å². The molecule has 0 amide bonds. The summed E-state index contributed by atoms with van der Waals surface area (Å²) in [5.74, 6) is 0.122. The van der Waals surface area contributed by atoms with Crippen molar-refractivity contribution in [2.24, 2.45) is 0 Å². The maximum Gasteiger partial charge on any atom is 0.325 e. The van der Waals surface area contributed by atoms with E-state index in [1.165, 1.54) is 6.20 Å². The molecule has 116 valence electrons. The molecule has 1 aromatic heterocycles. The average molecular weight is 360 g/mol. The topological polar surface area (TPSA) is 85.6 Å². The Morgan fingerprint density at radius 2 is 2.19 bits per heavy atom. The van der Waals surface area contributed by atoms with Gasteiger partial charge in [0.05, 0.1) is 16.0 Å². The fourth-order valence-corrected chi connectivity index (χ4v) is 2.32. The van der Waals surface area contributed by atoms with Crippen molar-refractivity contribution < 1.29 is 14.5 Å². The number of aromatic nitrogens is 1. The molecule has 0 spiro atoms. The number of hydrogen-bond donors (Lipinski definition) is 0.